The van der Waals surface area contributed by atoms with Gasteiger partial charge in [0.25, 0.3) is 0 Å². The molecular weight excluding hydrogens is 114 g/mol. The van der Waals surface area contributed by atoms with Gasteiger partial charge in [-0.2, -0.15) is 0 Å². The Balaban J connectivity index is 3.00. The summed E-state index contributed by atoms with van der Waals surface area (Å²) in [5.74, 6) is 3.93. The molecule has 30 valence electrons. The summed E-state index contributed by atoms with van der Waals surface area (Å²) >= 11 is 0. The Morgan fingerprint density at radius 3 is 1.67 bits per heavy atom. The third kappa shape index (κ3) is 0.965. The normalized spacial score (nSPS) is 10.7. The van der Waals surface area contributed by atoms with Gasteiger partial charge >= 0.3 is 0 Å². The summed E-state index contributed by atoms with van der Waals surface area (Å²) in [4.78, 5) is 7.35. The first-order valence-electron chi connectivity index (χ1n) is 1.45. The van der Waals surface area contributed by atoms with Gasteiger partial charge in [0.05, 0.1) is 16.7 Å². The predicted molar refractivity (Wildman–Crippen MR) is 27.1 cm³/mol. The van der Waals surface area contributed by atoms with Crippen molar-refractivity contribution in [1.29, 1.82) is 0 Å². The molecule has 0 aromatic carbocycles. The Hall–Kier alpha value is -0.0600. The van der Waals surface area contributed by atoms with Crippen molar-refractivity contribution < 1.29 is 0 Å². The molecule has 0 amide bonds. The molecule has 0 spiro atoms. The molecule has 4 heteroatoms. The number of hydrogen-bond donors (Lipinski definition) is 0. The fourth-order valence-electron chi connectivity index (χ4n) is 0.165. The fourth-order valence-corrected chi connectivity index (χ4v) is 1.13. The van der Waals surface area contributed by atoms with E-state index in [1.165, 1.54) is 0 Å². The van der Waals surface area contributed by atoms with Crippen molar-refractivity contribution in [2.24, 2.45) is 0 Å². The Kier molecular flexibility index (Phi) is 1.49. The van der Waals surface area contributed by atoms with Crippen LogP contribution >= 0.6 is 16.7 Å². The van der Waals surface area contributed by atoms with E-state index in [1.807, 2.05) is 11.6 Å². The van der Waals surface area contributed by atoms with Crippen LogP contribution in [0.4, 0.5) is 0 Å². The molecule has 6 heavy (non-hydrogen) atoms. The van der Waals surface area contributed by atoms with Crippen LogP contribution in [0.5, 0.6) is 0 Å². The third-order valence-electron chi connectivity index (χ3n) is 0.343. The maximum atomic E-state index is 3.68. The Labute approximate surface area is 39.0 Å². The molecule has 0 aliphatic carbocycles. The third-order valence-corrected chi connectivity index (χ3v) is 1.67. The van der Waals surface area contributed by atoms with Crippen LogP contribution in [0, 0.1) is 0 Å². The van der Waals surface area contributed by atoms with Crippen LogP contribution in [0.2, 0.25) is 0 Å². The van der Waals surface area contributed by atoms with E-state index in [2.05, 4.69) is 9.72 Å². The molecule has 0 fully saturated rings. The smallest absolute Gasteiger partial charge is 0.0639 e. The van der Waals surface area contributed by atoms with E-state index in [0.717, 1.165) is 16.7 Å². The molecule has 0 aliphatic rings. The number of rotatable bonds is 0. The molecule has 0 saturated carbocycles. The number of nitrogens with zero attached hydrogens (tertiary/aromatic N) is 2. The highest BCUT2D eigenvalue weighted by Crippen LogP contribution is 1.98. The summed E-state index contributed by atoms with van der Waals surface area (Å²) in [5, 5.41) is 0. The minimum Gasteiger partial charge on any atom is -0.126 e. The molecule has 0 radical (unpaired) electrons. The summed E-state index contributed by atoms with van der Waals surface area (Å²) in [6.45, 7) is 0. The van der Waals surface area contributed by atoms with Gasteiger partial charge in [-0.05, 0) is 11.6 Å². The van der Waals surface area contributed by atoms with Crippen molar-refractivity contribution in [2.45, 2.75) is 0 Å². The Bertz CT molecular complexity index is 81.5. The molecule has 2 nitrogen and oxygen atoms in total. The lowest BCUT2D eigenvalue weighted by molar-refractivity contribution is 1.26. The average molecular weight is 116 g/mol. The van der Waals surface area contributed by atoms with Crippen LogP contribution in [0.1, 0.15) is 0 Å². The van der Waals surface area contributed by atoms with Crippen LogP contribution in [-0.2, 0) is 0 Å². The molecule has 0 N–H and O–H groups in total. The zero-order valence-corrected chi connectivity index (χ0v) is 4.73. The van der Waals surface area contributed by atoms with Crippen molar-refractivity contribution in [3.63, 3.8) is 0 Å². The maximum Gasteiger partial charge on any atom is 0.0639 e. The summed E-state index contributed by atoms with van der Waals surface area (Å²) in [7, 11) is 1.94. The lowest BCUT2D eigenvalue weighted by atomic mass is 11.2. The van der Waals surface area contributed by atoms with E-state index in [0.29, 0.717) is 0 Å². The molecule has 0 aliphatic heterocycles. The zero-order valence-electron chi connectivity index (χ0n) is 2.94. The highest BCUT2D eigenvalue weighted by atomic mass is 31.1. The minimum atomic E-state index is 0.969. The van der Waals surface area contributed by atoms with E-state index < -0.39 is 0 Å². The lowest BCUT2D eigenvalue weighted by Gasteiger charge is -1.66. The van der Waals surface area contributed by atoms with Crippen molar-refractivity contribution in [1.82, 2.24) is 9.72 Å². The summed E-state index contributed by atoms with van der Waals surface area (Å²) in [6.07, 6.45) is 0. The molecule has 0 saturated heterocycles. The van der Waals surface area contributed by atoms with Crippen LogP contribution in [0.15, 0.2) is 11.6 Å². The predicted octanol–water partition coefficient (Wildman–Crippen LogP) is 1.64. The molecule has 1 heterocycles. The zero-order chi connectivity index (χ0) is 4.24. The highest BCUT2D eigenvalue weighted by Gasteiger charge is 1.62. The number of aromatic nitrogens is 2. The second-order valence-corrected chi connectivity index (χ2v) is 2.12. The largest absolute Gasteiger partial charge is 0.126 e. The van der Waals surface area contributed by atoms with E-state index in [9.17, 15) is 0 Å². The molecule has 0 bridgehead atoms. The maximum absolute atomic E-state index is 3.68. The first-order chi connectivity index (χ1) is 3.00. The van der Waals surface area contributed by atoms with Gasteiger partial charge in [0.15, 0.2) is 0 Å². The molecule has 1 aromatic rings. The Morgan fingerprint density at radius 1 is 1.00 bits per heavy atom. The van der Waals surface area contributed by atoms with Gasteiger partial charge in [-0.1, -0.05) is 0 Å². The standard InChI is InChI=1S/C2H2N2P2/c1-2-6-4-3-5-1/h1-2H. The van der Waals surface area contributed by atoms with Crippen molar-refractivity contribution >= 4 is 16.7 Å². The molecular formula is C2H2N2P2. The van der Waals surface area contributed by atoms with Crippen molar-refractivity contribution in [3.8, 4) is 0 Å². The molecule has 0 unspecified atom stereocenters. The van der Waals surface area contributed by atoms with E-state index in [-0.39, 0.29) is 0 Å². The van der Waals surface area contributed by atoms with Crippen LogP contribution in [0.25, 0.3) is 0 Å². The SMILES string of the molecule is c1cpnnp1. The van der Waals surface area contributed by atoms with Crippen LogP contribution in [-0.4, -0.2) is 9.72 Å². The summed E-state index contributed by atoms with van der Waals surface area (Å²) in [5.41, 5.74) is 0. The minimum absolute atomic E-state index is 0.969. The van der Waals surface area contributed by atoms with Gasteiger partial charge in [-0.15, -0.1) is 9.72 Å². The van der Waals surface area contributed by atoms with Crippen molar-refractivity contribution in [2.75, 3.05) is 0 Å². The monoisotopic (exact) mass is 116 g/mol. The lowest BCUT2D eigenvalue weighted by Crippen LogP contribution is -1.54. The molecule has 0 atom stereocenters. The Morgan fingerprint density at radius 2 is 1.50 bits per heavy atom. The average Bonchev–Trinajstić information content (AvgIpc) is 1.72. The van der Waals surface area contributed by atoms with Gasteiger partial charge in [0, 0.05) is 0 Å². The summed E-state index contributed by atoms with van der Waals surface area (Å²) in [6, 6.07) is 0. The van der Waals surface area contributed by atoms with E-state index in [4.69, 9.17) is 0 Å². The topological polar surface area (TPSA) is 25.8 Å². The van der Waals surface area contributed by atoms with Crippen molar-refractivity contribution in [3.05, 3.63) is 11.6 Å². The summed E-state index contributed by atoms with van der Waals surface area (Å²) < 4.78 is 0. The second kappa shape index (κ2) is 2.17. The second-order valence-electron chi connectivity index (χ2n) is 0.708. The first kappa shape index (κ1) is 4.11. The van der Waals surface area contributed by atoms with Crippen LogP contribution in [0.3, 0.4) is 0 Å². The van der Waals surface area contributed by atoms with E-state index in [1.54, 1.807) is 0 Å². The molecule has 1 rings (SSSR count). The van der Waals surface area contributed by atoms with Gasteiger partial charge in [0.2, 0.25) is 0 Å². The molecule has 1 aromatic heterocycles. The van der Waals surface area contributed by atoms with E-state index >= 15 is 0 Å². The first-order valence-corrected chi connectivity index (χ1v) is 3.28. The quantitative estimate of drug-likeness (QED) is 0.514. The highest BCUT2D eigenvalue weighted by molar-refractivity contribution is 7.29. The van der Waals surface area contributed by atoms with Gasteiger partial charge in [0.1, 0.15) is 0 Å². The van der Waals surface area contributed by atoms with Gasteiger partial charge in [-0.25, -0.2) is 0 Å². The van der Waals surface area contributed by atoms with Crippen LogP contribution < -0.4 is 0 Å². The van der Waals surface area contributed by atoms with Gasteiger partial charge < -0.3 is 0 Å². The van der Waals surface area contributed by atoms with Gasteiger partial charge in [-0.3, -0.25) is 0 Å². The fraction of sp³-hybridized carbons (Fsp3) is 0. The number of hydrogen-bond acceptors (Lipinski definition) is 2.